The molecule has 0 aromatic carbocycles. The van der Waals surface area contributed by atoms with Gasteiger partial charge in [-0.15, -0.1) is 0 Å². The van der Waals surface area contributed by atoms with E-state index in [1.54, 1.807) is 0 Å². The van der Waals surface area contributed by atoms with Crippen molar-refractivity contribution >= 4 is 40.7 Å². The topological polar surface area (TPSA) is 29.1 Å². The van der Waals surface area contributed by atoms with Gasteiger partial charge in [0.25, 0.3) is 9.70 Å². The van der Waals surface area contributed by atoms with Gasteiger partial charge in [-0.1, -0.05) is 47.0 Å². The van der Waals surface area contributed by atoms with Crippen molar-refractivity contribution in [1.82, 2.24) is 5.32 Å². The van der Waals surface area contributed by atoms with Crippen molar-refractivity contribution in [3.8, 4) is 0 Å². The molecule has 1 amide bonds. The van der Waals surface area contributed by atoms with Gasteiger partial charge >= 0.3 is 0 Å². The highest BCUT2D eigenvalue weighted by Crippen LogP contribution is 2.29. The van der Waals surface area contributed by atoms with Gasteiger partial charge in [0.05, 0.1) is 0 Å². The maximum atomic E-state index is 11.4. The van der Waals surface area contributed by atoms with E-state index >= 15 is 0 Å². The zero-order chi connectivity index (χ0) is 10.8. The zero-order valence-electron chi connectivity index (χ0n) is 7.82. The largest absolute Gasteiger partial charge is 0.347 e. The molecule has 0 spiro atoms. The van der Waals surface area contributed by atoms with Crippen LogP contribution >= 0.6 is 34.8 Å². The highest BCUT2D eigenvalue weighted by atomic mass is 35.6. The molecule has 0 bridgehead atoms. The summed E-state index contributed by atoms with van der Waals surface area (Å²) < 4.78 is -1.87. The minimum atomic E-state index is -1.87. The summed E-state index contributed by atoms with van der Waals surface area (Å²) in [6.07, 6.45) is 6.71. The summed E-state index contributed by atoms with van der Waals surface area (Å²) in [6, 6.07) is 0. The van der Waals surface area contributed by atoms with Crippen LogP contribution in [0.2, 0.25) is 0 Å². The fraction of sp³-hybridized carbons (Fsp3) is 0.667. The first-order valence-corrected chi connectivity index (χ1v) is 5.51. The van der Waals surface area contributed by atoms with E-state index in [-0.39, 0.29) is 5.54 Å². The molecule has 0 saturated heterocycles. The average Bonchev–Trinajstić information content (AvgIpc) is 2.02. The number of hydrogen-bond donors (Lipinski definition) is 1. The van der Waals surface area contributed by atoms with Crippen LogP contribution in [0, 0.1) is 0 Å². The predicted octanol–water partition coefficient (Wildman–Crippen LogP) is 2.97. The third-order valence-corrected chi connectivity index (χ3v) is 2.79. The van der Waals surface area contributed by atoms with Crippen LogP contribution in [-0.4, -0.2) is 15.2 Å². The smallest absolute Gasteiger partial charge is 0.272 e. The minimum Gasteiger partial charge on any atom is -0.347 e. The molecule has 0 fully saturated rings. The van der Waals surface area contributed by atoms with E-state index in [1.165, 1.54) is 0 Å². The van der Waals surface area contributed by atoms with E-state index in [0.29, 0.717) is 0 Å². The van der Waals surface area contributed by atoms with Crippen molar-refractivity contribution in [1.29, 1.82) is 0 Å². The van der Waals surface area contributed by atoms with Gasteiger partial charge in [-0.2, -0.15) is 0 Å². The lowest BCUT2D eigenvalue weighted by Gasteiger charge is -2.33. The fourth-order valence-corrected chi connectivity index (χ4v) is 1.57. The molecule has 14 heavy (non-hydrogen) atoms. The monoisotopic (exact) mass is 255 g/mol. The lowest BCUT2D eigenvalue weighted by atomic mass is 9.88. The number of alkyl halides is 3. The van der Waals surface area contributed by atoms with Crippen LogP contribution in [0.1, 0.15) is 26.2 Å². The van der Waals surface area contributed by atoms with E-state index in [4.69, 9.17) is 34.8 Å². The molecule has 0 saturated carbocycles. The lowest BCUT2D eigenvalue weighted by Crippen LogP contribution is -2.50. The number of carbonyl (C=O) groups excluding carboxylic acids is 1. The Balaban J connectivity index is 2.59. The van der Waals surface area contributed by atoms with Gasteiger partial charge in [-0.05, 0) is 26.2 Å². The standard InChI is InChI=1S/C9H12Cl3NO/c1-8(5-3-2-4-6-8)13-7(14)9(10,11)12/h2-3H,4-6H2,1H3,(H,13,14). The summed E-state index contributed by atoms with van der Waals surface area (Å²) >= 11 is 16.4. The Labute approximate surface area is 98.6 Å². The molecule has 1 unspecified atom stereocenters. The summed E-state index contributed by atoms with van der Waals surface area (Å²) in [5.41, 5.74) is -0.282. The number of hydrogen-bond acceptors (Lipinski definition) is 1. The quantitative estimate of drug-likeness (QED) is 0.567. The fourth-order valence-electron chi connectivity index (χ4n) is 1.42. The summed E-state index contributed by atoms with van der Waals surface area (Å²) in [7, 11) is 0. The number of amides is 1. The van der Waals surface area contributed by atoms with Gasteiger partial charge in [0, 0.05) is 5.54 Å². The summed E-state index contributed by atoms with van der Waals surface area (Å²) in [5.74, 6) is -0.555. The maximum absolute atomic E-state index is 11.4. The number of rotatable bonds is 1. The molecule has 0 heterocycles. The Hall–Kier alpha value is 0.0800. The van der Waals surface area contributed by atoms with Crippen molar-refractivity contribution < 1.29 is 4.79 Å². The normalized spacial score (nSPS) is 27.4. The highest BCUT2D eigenvalue weighted by Gasteiger charge is 2.36. The van der Waals surface area contributed by atoms with Crippen LogP contribution in [0.5, 0.6) is 0 Å². The molecule has 1 aliphatic carbocycles. The average molecular weight is 257 g/mol. The second kappa shape index (κ2) is 4.30. The van der Waals surface area contributed by atoms with Gasteiger partial charge in [0.1, 0.15) is 0 Å². The third kappa shape index (κ3) is 3.34. The van der Waals surface area contributed by atoms with Crippen molar-refractivity contribution in [2.45, 2.75) is 35.5 Å². The first kappa shape index (κ1) is 12.2. The summed E-state index contributed by atoms with van der Waals surface area (Å²) in [6.45, 7) is 1.95. The van der Waals surface area contributed by atoms with Gasteiger partial charge < -0.3 is 5.32 Å². The van der Waals surface area contributed by atoms with E-state index < -0.39 is 9.70 Å². The Morgan fingerprint density at radius 2 is 2.07 bits per heavy atom. The van der Waals surface area contributed by atoms with Crippen molar-refractivity contribution in [2.75, 3.05) is 0 Å². The van der Waals surface area contributed by atoms with Crippen LogP contribution in [0.3, 0.4) is 0 Å². The molecule has 0 aliphatic heterocycles. The number of carbonyl (C=O) groups is 1. The van der Waals surface area contributed by atoms with E-state index in [2.05, 4.69) is 11.4 Å². The Bertz CT molecular complexity index is 259. The second-order valence-corrected chi connectivity index (χ2v) is 6.01. The van der Waals surface area contributed by atoms with Crippen molar-refractivity contribution in [3.05, 3.63) is 12.2 Å². The predicted molar refractivity (Wildman–Crippen MR) is 59.8 cm³/mol. The van der Waals surface area contributed by atoms with Crippen molar-refractivity contribution in [3.63, 3.8) is 0 Å². The molecule has 2 nitrogen and oxygen atoms in total. The Kier molecular flexibility index (Phi) is 3.73. The van der Waals surface area contributed by atoms with Crippen LogP contribution in [0.4, 0.5) is 0 Å². The molecule has 1 atom stereocenters. The minimum absolute atomic E-state index is 0.282. The second-order valence-electron chi connectivity index (χ2n) is 3.73. The van der Waals surface area contributed by atoms with Crippen LogP contribution in [-0.2, 0) is 4.79 Å². The molecule has 1 N–H and O–H groups in total. The third-order valence-electron chi connectivity index (χ3n) is 2.27. The molecule has 0 aromatic rings. The van der Waals surface area contributed by atoms with E-state index in [0.717, 1.165) is 19.3 Å². The zero-order valence-corrected chi connectivity index (χ0v) is 10.1. The van der Waals surface area contributed by atoms with Gasteiger partial charge in [0.15, 0.2) is 0 Å². The van der Waals surface area contributed by atoms with Crippen LogP contribution in [0.25, 0.3) is 0 Å². The SMILES string of the molecule is CC1(NC(=O)C(Cl)(Cl)Cl)CC=CCC1. The van der Waals surface area contributed by atoms with E-state index in [9.17, 15) is 4.79 Å². The molecule has 5 heteroatoms. The van der Waals surface area contributed by atoms with Crippen LogP contribution in [0.15, 0.2) is 12.2 Å². The lowest BCUT2D eigenvalue weighted by molar-refractivity contribution is -0.122. The molecular weight excluding hydrogens is 244 g/mol. The molecule has 1 rings (SSSR count). The van der Waals surface area contributed by atoms with Gasteiger partial charge in [0.2, 0.25) is 0 Å². The highest BCUT2D eigenvalue weighted by molar-refractivity contribution is 6.76. The molecule has 1 aliphatic rings. The molecule has 80 valence electrons. The Morgan fingerprint density at radius 1 is 1.43 bits per heavy atom. The summed E-state index contributed by atoms with van der Waals surface area (Å²) in [5, 5.41) is 2.75. The maximum Gasteiger partial charge on any atom is 0.272 e. The van der Waals surface area contributed by atoms with E-state index in [1.807, 2.05) is 13.0 Å². The van der Waals surface area contributed by atoms with Crippen LogP contribution < -0.4 is 5.32 Å². The van der Waals surface area contributed by atoms with Gasteiger partial charge in [-0.3, -0.25) is 4.79 Å². The van der Waals surface area contributed by atoms with Crippen molar-refractivity contribution in [2.24, 2.45) is 0 Å². The Morgan fingerprint density at radius 3 is 2.50 bits per heavy atom. The molecule has 0 aromatic heterocycles. The molecule has 0 radical (unpaired) electrons. The number of allylic oxidation sites excluding steroid dienone is 1. The number of nitrogens with one attached hydrogen (secondary N) is 1. The number of halogens is 3. The molecular formula is C9H12Cl3NO. The first-order chi connectivity index (χ1) is 6.33. The summed E-state index contributed by atoms with van der Waals surface area (Å²) in [4.78, 5) is 11.4. The van der Waals surface area contributed by atoms with Gasteiger partial charge in [-0.25, -0.2) is 0 Å². The first-order valence-electron chi connectivity index (χ1n) is 4.38.